The van der Waals surface area contributed by atoms with Gasteiger partial charge in [-0.25, -0.2) is 0 Å². The van der Waals surface area contributed by atoms with Crippen molar-refractivity contribution in [3.8, 4) is 0 Å². The Kier molecular flexibility index (Phi) is 5.56. The van der Waals surface area contributed by atoms with Gasteiger partial charge >= 0.3 is 0 Å². The van der Waals surface area contributed by atoms with E-state index in [1.807, 2.05) is 13.8 Å². The van der Waals surface area contributed by atoms with E-state index in [2.05, 4.69) is 29.2 Å². The molecule has 5 heteroatoms. The molecule has 1 fully saturated rings. The van der Waals surface area contributed by atoms with Gasteiger partial charge in [-0.15, -0.1) is 0 Å². The number of amides is 1. The first-order chi connectivity index (χ1) is 8.36. The first kappa shape index (κ1) is 15.4. The highest BCUT2D eigenvalue weighted by molar-refractivity contribution is 5.85. The van der Waals surface area contributed by atoms with Gasteiger partial charge in [0.25, 0.3) is 0 Å². The second kappa shape index (κ2) is 6.50. The Morgan fingerprint density at radius 2 is 2.11 bits per heavy atom. The first-order valence-electron chi connectivity index (χ1n) is 6.82. The molecule has 106 valence electrons. The van der Waals surface area contributed by atoms with Crippen LogP contribution >= 0.6 is 0 Å². The van der Waals surface area contributed by atoms with Crippen molar-refractivity contribution in [2.45, 2.75) is 38.3 Å². The average molecular weight is 256 g/mol. The average Bonchev–Trinajstić information content (AvgIpc) is 2.29. The number of rotatable bonds is 5. The number of hydrogen-bond acceptors (Lipinski definition) is 4. The molecule has 1 heterocycles. The van der Waals surface area contributed by atoms with Crippen molar-refractivity contribution in [2.24, 2.45) is 5.73 Å². The summed E-state index contributed by atoms with van der Waals surface area (Å²) >= 11 is 0. The van der Waals surface area contributed by atoms with Crippen LogP contribution in [-0.2, 0) is 4.79 Å². The van der Waals surface area contributed by atoms with Crippen molar-refractivity contribution >= 4 is 5.91 Å². The van der Waals surface area contributed by atoms with Crippen molar-refractivity contribution in [1.82, 2.24) is 15.1 Å². The van der Waals surface area contributed by atoms with Crippen LogP contribution in [0.2, 0.25) is 0 Å². The summed E-state index contributed by atoms with van der Waals surface area (Å²) in [6.45, 7) is 7.66. The van der Waals surface area contributed by atoms with Gasteiger partial charge in [0.05, 0.1) is 5.54 Å². The molecule has 18 heavy (non-hydrogen) atoms. The van der Waals surface area contributed by atoms with E-state index in [0.29, 0.717) is 12.6 Å². The summed E-state index contributed by atoms with van der Waals surface area (Å²) < 4.78 is 0. The second-order valence-electron chi connectivity index (χ2n) is 5.77. The summed E-state index contributed by atoms with van der Waals surface area (Å²) in [5.74, 6) is -0.0361. The summed E-state index contributed by atoms with van der Waals surface area (Å²) in [5.41, 5.74) is 5.27. The molecule has 0 aromatic rings. The number of likely N-dealkylation sites (N-methyl/N-ethyl adjacent to an activating group) is 2. The highest BCUT2D eigenvalue weighted by Crippen LogP contribution is 2.09. The van der Waals surface area contributed by atoms with Gasteiger partial charge in [-0.3, -0.25) is 9.69 Å². The topological polar surface area (TPSA) is 61.6 Å². The minimum Gasteiger partial charge on any atom is -0.353 e. The molecular weight excluding hydrogens is 228 g/mol. The van der Waals surface area contributed by atoms with Crippen LogP contribution in [0.25, 0.3) is 0 Å². The summed E-state index contributed by atoms with van der Waals surface area (Å²) in [6.07, 6.45) is 1.64. The van der Waals surface area contributed by atoms with Crippen molar-refractivity contribution in [3.63, 3.8) is 0 Å². The molecule has 1 saturated heterocycles. The lowest BCUT2D eigenvalue weighted by Crippen LogP contribution is -2.58. The van der Waals surface area contributed by atoms with Crippen LogP contribution in [0.5, 0.6) is 0 Å². The van der Waals surface area contributed by atoms with Crippen LogP contribution in [0.15, 0.2) is 0 Å². The predicted molar refractivity (Wildman–Crippen MR) is 74.4 cm³/mol. The zero-order valence-corrected chi connectivity index (χ0v) is 12.2. The predicted octanol–water partition coefficient (Wildman–Crippen LogP) is -0.134. The molecule has 0 radical (unpaired) electrons. The number of nitrogens with two attached hydrogens (primary N) is 1. The summed E-state index contributed by atoms with van der Waals surface area (Å²) in [7, 11) is 4.23. The quantitative estimate of drug-likeness (QED) is 0.719. The van der Waals surface area contributed by atoms with Crippen LogP contribution in [0.3, 0.4) is 0 Å². The van der Waals surface area contributed by atoms with Crippen molar-refractivity contribution in [1.29, 1.82) is 0 Å². The molecular formula is C13H28N4O. The zero-order valence-electron chi connectivity index (χ0n) is 12.2. The fourth-order valence-corrected chi connectivity index (χ4v) is 2.37. The van der Waals surface area contributed by atoms with Crippen LogP contribution in [0, 0.1) is 0 Å². The van der Waals surface area contributed by atoms with Gasteiger partial charge in [0.15, 0.2) is 0 Å². The Morgan fingerprint density at radius 1 is 1.44 bits per heavy atom. The smallest absolute Gasteiger partial charge is 0.239 e. The van der Waals surface area contributed by atoms with E-state index in [1.54, 1.807) is 0 Å². The molecule has 0 bridgehead atoms. The van der Waals surface area contributed by atoms with E-state index < -0.39 is 5.54 Å². The van der Waals surface area contributed by atoms with E-state index in [-0.39, 0.29) is 5.91 Å². The molecule has 1 amide bonds. The highest BCUT2D eigenvalue weighted by Gasteiger charge is 2.29. The largest absolute Gasteiger partial charge is 0.353 e. The first-order valence-corrected chi connectivity index (χ1v) is 6.82. The van der Waals surface area contributed by atoms with Crippen molar-refractivity contribution < 1.29 is 4.79 Å². The molecule has 1 aliphatic rings. The molecule has 2 unspecified atom stereocenters. The Bertz CT molecular complexity index is 280. The van der Waals surface area contributed by atoms with Gasteiger partial charge < -0.3 is 16.0 Å². The van der Waals surface area contributed by atoms with Crippen LogP contribution in [-0.4, -0.2) is 67.6 Å². The Balaban J connectivity index is 2.42. The van der Waals surface area contributed by atoms with E-state index in [9.17, 15) is 4.79 Å². The number of nitrogens with one attached hydrogen (secondary N) is 1. The van der Waals surface area contributed by atoms with Gasteiger partial charge in [0.2, 0.25) is 5.91 Å². The maximum Gasteiger partial charge on any atom is 0.239 e. The highest BCUT2D eigenvalue weighted by atomic mass is 16.2. The lowest BCUT2D eigenvalue weighted by molar-refractivity contribution is -0.126. The van der Waals surface area contributed by atoms with Gasteiger partial charge in [-0.2, -0.15) is 0 Å². The van der Waals surface area contributed by atoms with E-state index in [1.165, 1.54) is 0 Å². The van der Waals surface area contributed by atoms with Crippen LogP contribution in [0.1, 0.15) is 26.7 Å². The third-order valence-corrected chi connectivity index (χ3v) is 3.77. The zero-order chi connectivity index (χ0) is 13.8. The standard InChI is InChI=1S/C13H28N4O/c1-5-6-13(2,14)12(18)15-9-11-10-16(3)7-8-17(11)4/h11H,5-10,14H2,1-4H3,(H,15,18). The molecule has 1 aliphatic heterocycles. The second-order valence-corrected chi connectivity index (χ2v) is 5.77. The van der Waals surface area contributed by atoms with Crippen molar-refractivity contribution in [2.75, 3.05) is 40.3 Å². The van der Waals surface area contributed by atoms with E-state index >= 15 is 0 Å². The lowest BCUT2D eigenvalue weighted by atomic mass is 9.96. The normalized spacial score (nSPS) is 25.7. The number of carbonyl (C=O) groups excluding carboxylic acids is 1. The third-order valence-electron chi connectivity index (χ3n) is 3.77. The molecule has 3 N–H and O–H groups in total. The van der Waals surface area contributed by atoms with Gasteiger partial charge in [-0.1, -0.05) is 13.3 Å². The van der Waals surface area contributed by atoms with Gasteiger partial charge in [-0.05, 0) is 27.4 Å². The Labute approximate surface area is 111 Å². The summed E-state index contributed by atoms with van der Waals surface area (Å²) in [4.78, 5) is 16.6. The van der Waals surface area contributed by atoms with Crippen molar-refractivity contribution in [3.05, 3.63) is 0 Å². The third kappa shape index (κ3) is 4.23. The van der Waals surface area contributed by atoms with E-state index in [0.717, 1.165) is 32.5 Å². The molecule has 2 atom stereocenters. The van der Waals surface area contributed by atoms with Crippen LogP contribution in [0.4, 0.5) is 0 Å². The molecule has 0 aromatic carbocycles. The maximum absolute atomic E-state index is 12.0. The SMILES string of the molecule is CCCC(C)(N)C(=O)NCC1CN(C)CCN1C. The van der Waals surface area contributed by atoms with Gasteiger partial charge in [0.1, 0.15) is 0 Å². The number of piperazine rings is 1. The molecule has 5 nitrogen and oxygen atoms in total. The fraction of sp³-hybridized carbons (Fsp3) is 0.923. The molecule has 0 aliphatic carbocycles. The van der Waals surface area contributed by atoms with E-state index in [4.69, 9.17) is 5.73 Å². The molecule has 0 aromatic heterocycles. The summed E-state index contributed by atoms with van der Waals surface area (Å²) in [5, 5.41) is 3.00. The number of nitrogens with zero attached hydrogens (tertiary/aromatic N) is 2. The lowest BCUT2D eigenvalue weighted by Gasteiger charge is -2.38. The minimum absolute atomic E-state index is 0.0361. The maximum atomic E-state index is 12.0. The molecule has 0 saturated carbocycles. The summed E-state index contributed by atoms with van der Waals surface area (Å²) in [6, 6.07) is 0.380. The van der Waals surface area contributed by atoms with Gasteiger partial charge in [0, 0.05) is 32.2 Å². The number of hydrogen-bond donors (Lipinski definition) is 2. The minimum atomic E-state index is -0.742. The van der Waals surface area contributed by atoms with Crippen LogP contribution < -0.4 is 11.1 Å². The fourth-order valence-electron chi connectivity index (χ4n) is 2.37. The Hall–Kier alpha value is -0.650. The number of carbonyl (C=O) groups is 1. The Morgan fingerprint density at radius 3 is 2.72 bits per heavy atom. The molecule has 1 rings (SSSR count). The molecule has 0 spiro atoms. The monoisotopic (exact) mass is 256 g/mol.